The van der Waals surface area contributed by atoms with Gasteiger partial charge in [0.25, 0.3) is 0 Å². The quantitative estimate of drug-likeness (QED) is 0.123. The lowest BCUT2D eigenvalue weighted by Gasteiger charge is -2.02. The SMILES string of the molecule is CC.Cc1cncc(-c2cc3c(-c4nc5c(-c6ccncc6)nccc5[nH]4)n[nH]c3cn2)c1.c1cc(-c2cc3c(-c4nc5c(-c6ccncc6)nccc5[nH]4)n[nH]c3cn2)ccn1. The highest BCUT2D eigenvalue weighted by atomic mass is 15.2. The Kier molecular flexibility index (Phi) is 10.1. The van der Waals surface area contributed by atoms with Crippen molar-refractivity contribution in [2.24, 2.45) is 0 Å². The molecule has 12 rings (SSSR count). The number of H-pyrrole nitrogens is 4. The Hall–Kier alpha value is -8.92. The second kappa shape index (κ2) is 16.6. The number of aromatic amines is 4. The Morgan fingerprint density at radius 2 is 0.857 bits per heavy atom. The van der Waals surface area contributed by atoms with E-state index in [1.54, 1.807) is 62.0 Å². The van der Waals surface area contributed by atoms with Crippen LogP contribution in [0.4, 0.5) is 0 Å². The van der Waals surface area contributed by atoms with Gasteiger partial charge in [0.2, 0.25) is 0 Å². The third-order valence-electron chi connectivity index (χ3n) is 10.2. The van der Waals surface area contributed by atoms with Gasteiger partial charge in [0.15, 0.2) is 11.6 Å². The lowest BCUT2D eigenvalue weighted by Crippen LogP contribution is -1.87. The predicted octanol–water partition coefficient (Wildman–Crippen LogP) is 9.38. The Labute approximate surface area is 358 Å². The van der Waals surface area contributed by atoms with Crippen LogP contribution in [0, 0.1) is 6.92 Å². The summed E-state index contributed by atoms with van der Waals surface area (Å²) in [5, 5.41) is 17.0. The van der Waals surface area contributed by atoms with E-state index in [9.17, 15) is 0 Å². The van der Waals surface area contributed by atoms with Crippen LogP contribution in [0.3, 0.4) is 0 Å². The number of rotatable bonds is 6. The van der Waals surface area contributed by atoms with E-state index in [1.165, 1.54) is 0 Å². The zero-order chi connectivity index (χ0) is 42.7. The van der Waals surface area contributed by atoms with Gasteiger partial charge in [0.1, 0.15) is 22.4 Å². The average Bonchev–Trinajstić information content (AvgIpc) is 4.17. The van der Waals surface area contributed by atoms with Crippen LogP contribution in [0.1, 0.15) is 19.4 Å². The standard InChI is InChI=1S/C23H16N8.C22H14N8.C2H6/c1-13-8-15(11-25-10-13)18-9-16-19(12-27-18)30-31-21(16)23-28-17-4-7-26-20(22(17)29-23)14-2-5-24-6-3-14;1-6-23-7-2-13(1)17-11-15-18(12-26-17)29-30-20(15)22-27-16-5-10-25-19(21(16)28-22)14-3-8-24-9-4-14;1-2/h2-12H,1H3,(H,28,29)(H,30,31);1-12H,(H,27,28)(H,29,30);1-2H3. The molecule has 0 saturated heterocycles. The van der Waals surface area contributed by atoms with Gasteiger partial charge in [-0.05, 0) is 79.2 Å². The molecule has 304 valence electrons. The lowest BCUT2D eigenvalue weighted by molar-refractivity contribution is 1.10. The van der Waals surface area contributed by atoms with Gasteiger partial charge in [-0.25, -0.2) is 9.97 Å². The summed E-state index contributed by atoms with van der Waals surface area (Å²) in [5.74, 6) is 1.34. The molecule has 63 heavy (non-hydrogen) atoms. The summed E-state index contributed by atoms with van der Waals surface area (Å²) >= 11 is 0. The highest BCUT2D eigenvalue weighted by Crippen LogP contribution is 2.33. The van der Waals surface area contributed by atoms with Crippen LogP contribution in [0.2, 0.25) is 0 Å². The number of hydrogen-bond donors (Lipinski definition) is 4. The number of hydrogen-bond acceptors (Lipinski definition) is 12. The third-order valence-corrected chi connectivity index (χ3v) is 10.2. The van der Waals surface area contributed by atoms with Gasteiger partial charge in [-0.15, -0.1) is 0 Å². The van der Waals surface area contributed by atoms with Gasteiger partial charge < -0.3 is 9.97 Å². The van der Waals surface area contributed by atoms with Crippen LogP contribution < -0.4 is 0 Å². The summed E-state index contributed by atoms with van der Waals surface area (Å²) in [7, 11) is 0. The van der Waals surface area contributed by atoms with Crippen molar-refractivity contribution < 1.29 is 0 Å². The summed E-state index contributed by atoms with van der Waals surface area (Å²) in [4.78, 5) is 51.1. The Morgan fingerprint density at radius 3 is 1.33 bits per heavy atom. The van der Waals surface area contributed by atoms with Crippen LogP contribution in [0.5, 0.6) is 0 Å². The van der Waals surface area contributed by atoms with Crippen molar-refractivity contribution in [3.8, 4) is 68.1 Å². The third kappa shape index (κ3) is 7.37. The second-order valence-electron chi connectivity index (χ2n) is 14.1. The Balaban J connectivity index is 0.000000144. The van der Waals surface area contributed by atoms with Crippen molar-refractivity contribution in [2.45, 2.75) is 20.8 Å². The van der Waals surface area contributed by atoms with Crippen molar-refractivity contribution in [1.82, 2.24) is 80.2 Å². The molecule has 0 amide bonds. The molecule has 0 spiro atoms. The van der Waals surface area contributed by atoms with E-state index >= 15 is 0 Å². The molecular weight excluding hydrogens is 789 g/mol. The van der Waals surface area contributed by atoms with Gasteiger partial charge >= 0.3 is 0 Å². The van der Waals surface area contributed by atoms with Crippen LogP contribution >= 0.6 is 0 Å². The summed E-state index contributed by atoms with van der Waals surface area (Å²) < 4.78 is 0. The maximum atomic E-state index is 4.84. The molecule has 16 heteroatoms. The monoisotopic (exact) mass is 824 g/mol. The summed E-state index contributed by atoms with van der Waals surface area (Å²) in [5.41, 5.74) is 14.8. The molecule has 12 aromatic heterocycles. The summed E-state index contributed by atoms with van der Waals surface area (Å²) in [6, 6.07) is 21.5. The molecule has 0 atom stereocenters. The number of fused-ring (bicyclic) bond motifs is 4. The van der Waals surface area contributed by atoms with E-state index < -0.39 is 0 Å². The fraction of sp³-hybridized carbons (Fsp3) is 0.0638. The van der Waals surface area contributed by atoms with E-state index in [0.717, 1.165) is 106 Å². The van der Waals surface area contributed by atoms with E-state index in [-0.39, 0.29) is 0 Å². The molecule has 0 bridgehead atoms. The molecular formula is C47H36N16. The minimum Gasteiger partial charge on any atom is -0.336 e. The van der Waals surface area contributed by atoms with Crippen molar-refractivity contribution in [3.63, 3.8) is 0 Å². The Bertz CT molecular complexity index is 3500. The minimum absolute atomic E-state index is 0.670. The maximum absolute atomic E-state index is 4.84. The van der Waals surface area contributed by atoms with E-state index in [2.05, 4.69) is 76.3 Å². The van der Waals surface area contributed by atoms with Gasteiger partial charge in [0, 0.05) is 95.0 Å². The summed E-state index contributed by atoms with van der Waals surface area (Å²) in [6.07, 6.45) is 21.3. The first-order chi connectivity index (χ1) is 31.1. The van der Waals surface area contributed by atoms with Crippen molar-refractivity contribution in [2.75, 3.05) is 0 Å². The highest BCUT2D eigenvalue weighted by Gasteiger charge is 2.19. The molecule has 0 fully saturated rings. The predicted molar refractivity (Wildman–Crippen MR) is 243 cm³/mol. The zero-order valence-electron chi connectivity index (χ0n) is 34.1. The Morgan fingerprint density at radius 1 is 0.397 bits per heavy atom. The van der Waals surface area contributed by atoms with Crippen molar-refractivity contribution in [1.29, 1.82) is 0 Å². The molecule has 12 heterocycles. The number of aromatic nitrogens is 16. The van der Waals surface area contributed by atoms with Crippen LogP contribution in [0.15, 0.2) is 141 Å². The molecule has 0 radical (unpaired) electrons. The first-order valence-corrected chi connectivity index (χ1v) is 20.1. The van der Waals surface area contributed by atoms with Gasteiger partial charge in [-0.2, -0.15) is 10.2 Å². The first-order valence-electron chi connectivity index (χ1n) is 20.1. The molecule has 16 nitrogen and oxygen atoms in total. The fourth-order valence-corrected chi connectivity index (χ4v) is 7.26. The van der Waals surface area contributed by atoms with E-state index in [4.69, 9.17) is 9.97 Å². The van der Waals surface area contributed by atoms with E-state index in [0.29, 0.717) is 11.6 Å². The number of nitrogens with one attached hydrogen (secondary N) is 4. The maximum Gasteiger partial charge on any atom is 0.159 e. The van der Waals surface area contributed by atoms with Crippen LogP contribution in [-0.2, 0) is 0 Å². The van der Waals surface area contributed by atoms with E-state index in [1.807, 2.05) is 93.8 Å². The zero-order valence-corrected chi connectivity index (χ0v) is 34.1. The van der Waals surface area contributed by atoms with Crippen molar-refractivity contribution >= 4 is 43.9 Å². The largest absolute Gasteiger partial charge is 0.336 e. The fourth-order valence-electron chi connectivity index (χ4n) is 7.26. The molecule has 0 aliphatic carbocycles. The number of pyridine rings is 8. The molecule has 0 saturated carbocycles. The number of nitrogens with zero attached hydrogens (tertiary/aromatic N) is 12. The second-order valence-corrected chi connectivity index (χ2v) is 14.1. The molecule has 0 aromatic carbocycles. The average molecular weight is 825 g/mol. The topological polar surface area (TPSA) is 218 Å². The molecule has 0 aliphatic rings. The smallest absolute Gasteiger partial charge is 0.159 e. The van der Waals surface area contributed by atoms with Gasteiger partial charge in [0.05, 0.1) is 57.2 Å². The van der Waals surface area contributed by atoms with Gasteiger partial charge in [-0.1, -0.05) is 13.8 Å². The molecule has 0 aliphatic heterocycles. The lowest BCUT2D eigenvalue weighted by atomic mass is 10.1. The minimum atomic E-state index is 0.670. The highest BCUT2D eigenvalue weighted by molar-refractivity contribution is 5.98. The first kappa shape index (κ1) is 38.3. The number of aryl methyl sites for hydroxylation is 1. The van der Waals surface area contributed by atoms with Crippen LogP contribution in [-0.4, -0.2) is 80.2 Å². The van der Waals surface area contributed by atoms with Crippen molar-refractivity contribution in [3.05, 3.63) is 147 Å². The normalized spacial score (nSPS) is 11.1. The molecule has 0 unspecified atom stereocenters. The molecule has 4 N–H and O–H groups in total. The van der Waals surface area contributed by atoms with Gasteiger partial charge in [-0.3, -0.25) is 50.1 Å². The molecule has 12 aromatic rings. The van der Waals surface area contributed by atoms with Crippen LogP contribution in [0.25, 0.3) is 112 Å². The summed E-state index contributed by atoms with van der Waals surface area (Å²) in [6.45, 7) is 6.02. The number of imidazole rings is 2.